The molecule has 0 aliphatic carbocycles. The van der Waals surface area contributed by atoms with E-state index in [0.717, 1.165) is 31.0 Å². The van der Waals surface area contributed by atoms with Crippen molar-refractivity contribution in [3.05, 3.63) is 59.8 Å². The molecule has 0 radical (unpaired) electrons. The van der Waals surface area contributed by atoms with Crippen LogP contribution >= 0.6 is 0 Å². The largest absolute Gasteiger partial charge is 0.362 e. The lowest BCUT2D eigenvalue weighted by atomic mass is 10.0. The summed E-state index contributed by atoms with van der Waals surface area (Å²) in [4.78, 5) is 23.5. The molecule has 1 unspecified atom stereocenters. The predicted octanol–water partition coefficient (Wildman–Crippen LogP) is 2.35. The van der Waals surface area contributed by atoms with Gasteiger partial charge in [-0.1, -0.05) is 36.4 Å². The van der Waals surface area contributed by atoms with Gasteiger partial charge in [0.05, 0.1) is 6.04 Å². The van der Waals surface area contributed by atoms with E-state index in [1.165, 1.54) is 5.56 Å². The summed E-state index contributed by atoms with van der Waals surface area (Å²) in [5.41, 5.74) is 2.18. The Kier molecular flexibility index (Phi) is 5.73. The zero-order chi connectivity index (χ0) is 18.5. The summed E-state index contributed by atoms with van der Waals surface area (Å²) in [5, 5.41) is 3.08. The molecule has 3 rings (SSSR count). The van der Waals surface area contributed by atoms with E-state index in [9.17, 15) is 4.79 Å². The number of likely N-dealkylation sites (N-methyl/N-ethyl adjacent to an activating group) is 1. The van der Waals surface area contributed by atoms with Gasteiger partial charge in [-0.2, -0.15) is 0 Å². The molecule has 1 atom stereocenters. The quantitative estimate of drug-likeness (QED) is 0.917. The normalized spacial score (nSPS) is 17.8. The molecule has 2 heterocycles. The Balaban J connectivity index is 1.72. The molecule has 1 N–H and O–H groups in total. The first kappa shape index (κ1) is 18.2. The number of amides is 2. The van der Waals surface area contributed by atoms with Crippen LogP contribution in [0.25, 0.3) is 0 Å². The van der Waals surface area contributed by atoms with E-state index >= 15 is 0 Å². The van der Waals surface area contributed by atoms with Crippen molar-refractivity contribution in [1.29, 1.82) is 0 Å². The fourth-order valence-electron chi connectivity index (χ4n) is 3.37. The maximum Gasteiger partial charge on any atom is 0.318 e. The Bertz CT molecular complexity index is 734. The number of nitrogens with zero attached hydrogens (tertiary/aromatic N) is 4. The Morgan fingerprint density at radius 2 is 1.96 bits per heavy atom. The number of carbonyl (C=O) groups is 1. The predicted molar refractivity (Wildman–Crippen MR) is 104 cm³/mol. The number of aromatic nitrogens is 1. The van der Waals surface area contributed by atoms with Crippen molar-refractivity contribution in [1.82, 2.24) is 20.1 Å². The van der Waals surface area contributed by atoms with Crippen LogP contribution in [0.15, 0.2) is 48.7 Å². The van der Waals surface area contributed by atoms with Crippen LogP contribution in [0.5, 0.6) is 0 Å². The fourth-order valence-corrected chi connectivity index (χ4v) is 3.37. The lowest BCUT2D eigenvalue weighted by Gasteiger charge is -2.40. The first-order valence-corrected chi connectivity index (χ1v) is 8.95. The minimum absolute atomic E-state index is 0.0273. The number of pyridine rings is 1. The summed E-state index contributed by atoms with van der Waals surface area (Å²) in [6.45, 7) is 2.91. The molecule has 2 amide bonds. The summed E-state index contributed by atoms with van der Waals surface area (Å²) in [6, 6.07) is 14.2. The van der Waals surface area contributed by atoms with Crippen molar-refractivity contribution >= 4 is 11.8 Å². The molecule has 26 heavy (non-hydrogen) atoms. The number of piperazine rings is 1. The molecular formula is C20H27N5O. The third kappa shape index (κ3) is 4.14. The Hall–Kier alpha value is -2.60. The zero-order valence-electron chi connectivity index (χ0n) is 15.7. The highest BCUT2D eigenvalue weighted by atomic mass is 16.2. The molecule has 138 valence electrons. The molecule has 6 nitrogen and oxygen atoms in total. The third-order valence-electron chi connectivity index (χ3n) is 4.75. The molecule has 1 fully saturated rings. The maximum atomic E-state index is 12.9. The van der Waals surface area contributed by atoms with Gasteiger partial charge >= 0.3 is 6.03 Å². The van der Waals surface area contributed by atoms with Gasteiger partial charge in [0.1, 0.15) is 5.82 Å². The van der Waals surface area contributed by atoms with Crippen molar-refractivity contribution in [3.8, 4) is 0 Å². The standard InChI is InChI=1S/C20H27N5O/c1-23(2)19-17(10-7-11-21-19)14-22-20(26)25-13-12-24(3)15-18(25)16-8-5-4-6-9-16/h4-11,18H,12-15H2,1-3H3,(H,22,26). The van der Waals surface area contributed by atoms with Crippen LogP contribution in [-0.4, -0.2) is 61.6 Å². The highest BCUT2D eigenvalue weighted by molar-refractivity contribution is 5.75. The van der Waals surface area contributed by atoms with Crippen molar-refractivity contribution in [3.63, 3.8) is 0 Å². The number of benzene rings is 1. The molecule has 6 heteroatoms. The molecule has 0 saturated carbocycles. The Morgan fingerprint density at radius 1 is 1.19 bits per heavy atom. The second-order valence-electron chi connectivity index (χ2n) is 6.92. The van der Waals surface area contributed by atoms with Crippen LogP contribution in [0.2, 0.25) is 0 Å². The number of hydrogen-bond donors (Lipinski definition) is 1. The van der Waals surface area contributed by atoms with Gasteiger partial charge in [-0.3, -0.25) is 0 Å². The van der Waals surface area contributed by atoms with Crippen molar-refractivity contribution in [2.45, 2.75) is 12.6 Å². The molecule has 0 bridgehead atoms. The van der Waals surface area contributed by atoms with E-state index in [1.807, 2.05) is 54.2 Å². The van der Waals surface area contributed by atoms with Gasteiger partial charge in [0.15, 0.2) is 0 Å². The summed E-state index contributed by atoms with van der Waals surface area (Å²) >= 11 is 0. The molecule has 2 aromatic rings. The molecule has 1 aliphatic rings. The van der Waals surface area contributed by atoms with Crippen LogP contribution in [-0.2, 0) is 6.54 Å². The number of anilines is 1. The van der Waals surface area contributed by atoms with Gasteiger partial charge in [0.25, 0.3) is 0 Å². The lowest BCUT2D eigenvalue weighted by Crippen LogP contribution is -2.52. The third-order valence-corrected chi connectivity index (χ3v) is 4.75. The fraction of sp³-hybridized carbons (Fsp3) is 0.400. The minimum atomic E-state index is -0.0273. The second-order valence-corrected chi connectivity index (χ2v) is 6.92. The van der Waals surface area contributed by atoms with Gasteiger partial charge in [0.2, 0.25) is 0 Å². The molecular weight excluding hydrogens is 326 g/mol. The van der Waals surface area contributed by atoms with Crippen LogP contribution in [0.3, 0.4) is 0 Å². The average Bonchev–Trinajstić information content (AvgIpc) is 2.67. The SMILES string of the molecule is CN1CCN(C(=O)NCc2cccnc2N(C)C)C(c2ccccc2)C1. The smallest absolute Gasteiger partial charge is 0.318 e. The second kappa shape index (κ2) is 8.19. The van der Waals surface area contributed by atoms with Crippen LogP contribution in [0.4, 0.5) is 10.6 Å². The number of nitrogens with one attached hydrogen (secondary N) is 1. The molecule has 1 aromatic heterocycles. The van der Waals surface area contributed by atoms with E-state index in [0.29, 0.717) is 6.54 Å². The summed E-state index contributed by atoms with van der Waals surface area (Å²) in [7, 11) is 6.02. The van der Waals surface area contributed by atoms with Gasteiger partial charge in [-0.25, -0.2) is 9.78 Å². The highest BCUT2D eigenvalue weighted by Gasteiger charge is 2.30. The Labute approximate surface area is 155 Å². The van der Waals surface area contributed by atoms with Crippen molar-refractivity contribution < 1.29 is 4.79 Å². The number of carbonyl (C=O) groups excluding carboxylic acids is 1. The summed E-state index contributed by atoms with van der Waals surface area (Å²) in [6.07, 6.45) is 1.77. The zero-order valence-corrected chi connectivity index (χ0v) is 15.7. The van der Waals surface area contributed by atoms with Gasteiger partial charge < -0.3 is 20.0 Å². The van der Waals surface area contributed by atoms with Gasteiger partial charge in [0, 0.05) is 52.0 Å². The van der Waals surface area contributed by atoms with E-state index in [2.05, 4.69) is 34.4 Å². The van der Waals surface area contributed by atoms with E-state index in [1.54, 1.807) is 6.20 Å². The van der Waals surface area contributed by atoms with Crippen molar-refractivity contribution in [2.24, 2.45) is 0 Å². The summed E-state index contributed by atoms with van der Waals surface area (Å²) in [5.74, 6) is 0.880. The van der Waals surface area contributed by atoms with Crippen LogP contribution in [0.1, 0.15) is 17.2 Å². The van der Waals surface area contributed by atoms with Crippen LogP contribution < -0.4 is 10.2 Å². The average molecular weight is 353 g/mol. The number of hydrogen-bond acceptors (Lipinski definition) is 4. The number of rotatable bonds is 4. The van der Waals surface area contributed by atoms with E-state index in [-0.39, 0.29) is 12.1 Å². The highest BCUT2D eigenvalue weighted by Crippen LogP contribution is 2.25. The van der Waals surface area contributed by atoms with Gasteiger partial charge in [-0.05, 0) is 18.7 Å². The van der Waals surface area contributed by atoms with Crippen molar-refractivity contribution in [2.75, 3.05) is 45.7 Å². The molecule has 1 aromatic carbocycles. The molecule has 0 spiro atoms. The monoisotopic (exact) mass is 353 g/mol. The first-order chi connectivity index (χ1) is 12.6. The van der Waals surface area contributed by atoms with Gasteiger partial charge in [-0.15, -0.1) is 0 Å². The summed E-state index contributed by atoms with van der Waals surface area (Å²) < 4.78 is 0. The lowest BCUT2D eigenvalue weighted by molar-refractivity contribution is 0.108. The Morgan fingerprint density at radius 3 is 2.69 bits per heavy atom. The first-order valence-electron chi connectivity index (χ1n) is 8.95. The van der Waals surface area contributed by atoms with E-state index in [4.69, 9.17) is 0 Å². The topological polar surface area (TPSA) is 51.7 Å². The minimum Gasteiger partial charge on any atom is -0.362 e. The molecule has 1 aliphatic heterocycles. The van der Waals surface area contributed by atoms with E-state index < -0.39 is 0 Å². The molecule has 1 saturated heterocycles. The number of urea groups is 1. The maximum absolute atomic E-state index is 12.9. The van der Waals surface area contributed by atoms with Crippen LogP contribution in [0, 0.1) is 0 Å².